The lowest BCUT2D eigenvalue weighted by Gasteiger charge is -2.33. The van der Waals surface area contributed by atoms with Crippen LogP contribution in [0.2, 0.25) is 0 Å². The molecule has 5 heteroatoms. The number of hydrogen-bond donors (Lipinski definition) is 1. The zero-order valence-electron chi connectivity index (χ0n) is 20.4. The van der Waals surface area contributed by atoms with E-state index < -0.39 is 6.04 Å². The smallest absolute Gasteiger partial charge is 0.261 e. The molecule has 174 valence electrons. The molecule has 1 N–H and O–H groups in total. The number of amides is 2. The molecule has 0 saturated heterocycles. The zero-order chi connectivity index (χ0) is 23.7. The molecule has 0 aliphatic heterocycles. The highest BCUT2D eigenvalue weighted by Crippen LogP contribution is 2.19. The fraction of sp³-hybridized carbons (Fsp3) is 0.481. The summed E-state index contributed by atoms with van der Waals surface area (Å²) >= 11 is 0. The van der Waals surface area contributed by atoms with E-state index in [2.05, 4.69) is 19.2 Å². The van der Waals surface area contributed by atoms with Crippen molar-refractivity contribution >= 4 is 11.8 Å². The molecule has 2 aromatic carbocycles. The molecule has 0 radical (unpaired) electrons. The van der Waals surface area contributed by atoms with Gasteiger partial charge in [0.1, 0.15) is 11.8 Å². The van der Waals surface area contributed by atoms with Crippen LogP contribution in [-0.2, 0) is 16.0 Å². The molecule has 32 heavy (non-hydrogen) atoms. The van der Waals surface area contributed by atoms with Gasteiger partial charge in [0.25, 0.3) is 5.91 Å². The Balaban J connectivity index is 2.13. The Kier molecular flexibility index (Phi) is 9.30. The van der Waals surface area contributed by atoms with Crippen LogP contribution in [0.5, 0.6) is 5.75 Å². The van der Waals surface area contributed by atoms with Crippen LogP contribution in [-0.4, -0.2) is 41.4 Å². The van der Waals surface area contributed by atoms with Crippen molar-refractivity contribution in [1.82, 2.24) is 10.2 Å². The van der Waals surface area contributed by atoms with E-state index in [4.69, 9.17) is 4.74 Å². The third-order valence-corrected chi connectivity index (χ3v) is 5.28. The minimum absolute atomic E-state index is 0.102. The van der Waals surface area contributed by atoms with Crippen LogP contribution < -0.4 is 10.1 Å². The van der Waals surface area contributed by atoms with Crippen LogP contribution in [0.3, 0.4) is 0 Å². The molecule has 0 spiro atoms. The molecule has 5 nitrogen and oxygen atoms in total. The van der Waals surface area contributed by atoms with Gasteiger partial charge in [0.05, 0.1) is 0 Å². The van der Waals surface area contributed by atoms with Crippen LogP contribution in [0, 0.1) is 0 Å². The predicted octanol–water partition coefficient (Wildman–Crippen LogP) is 4.95. The Bertz CT molecular complexity index is 855. The van der Waals surface area contributed by atoms with Crippen molar-refractivity contribution in [2.45, 2.75) is 71.9 Å². The molecule has 2 aromatic rings. The SMILES string of the molecule is CC[C@H](C(=O)NC(C)(C)C)N(CCc1ccccc1)C(=O)COc1ccc(C(C)C)cc1. The molecule has 0 bridgehead atoms. The fourth-order valence-corrected chi connectivity index (χ4v) is 3.53. The van der Waals surface area contributed by atoms with Gasteiger partial charge in [-0.3, -0.25) is 9.59 Å². The molecular formula is C27H38N2O3. The second-order valence-corrected chi connectivity index (χ2v) is 9.50. The highest BCUT2D eigenvalue weighted by atomic mass is 16.5. The van der Waals surface area contributed by atoms with E-state index in [9.17, 15) is 9.59 Å². The first-order chi connectivity index (χ1) is 15.1. The van der Waals surface area contributed by atoms with Gasteiger partial charge in [0, 0.05) is 12.1 Å². The Hall–Kier alpha value is -2.82. The Morgan fingerprint density at radius 3 is 2.16 bits per heavy atom. The quantitative estimate of drug-likeness (QED) is 0.571. The highest BCUT2D eigenvalue weighted by molar-refractivity contribution is 5.88. The second kappa shape index (κ2) is 11.7. The first-order valence-corrected chi connectivity index (χ1v) is 11.5. The maximum atomic E-state index is 13.2. The summed E-state index contributed by atoms with van der Waals surface area (Å²) in [5.74, 6) is 0.760. The minimum Gasteiger partial charge on any atom is -0.484 e. The van der Waals surface area contributed by atoms with Gasteiger partial charge in [-0.05, 0) is 62.8 Å². The van der Waals surface area contributed by atoms with E-state index in [1.807, 2.05) is 82.3 Å². The number of hydrogen-bond acceptors (Lipinski definition) is 3. The normalized spacial score (nSPS) is 12.3. The first kappa shape index (κ1) is 25.4. The minimum atomic E-state index is -0.544. The number of benzene rings is 2. The first-order valence-electron chi connectivity index (χ1n) is 11.5. The van der Waals surface area contributed by atoms with Crippen molar-refractivity contribution in [3.05, 3.63) is 65.7 Å². The number of rotatable bonds is 10. The Labute approximate surface area is 193 Å². The summed E-state index contributed by atoms with van der Waals surface area (Å²) in [4.78, 5) is 27.8. The monoisotopic (exact) mass is 438 g/mol. The zero-order valence-corrected chi connectivity index (χ0v) is 20.4. The maximum absolute atomic E-state index is 13.2. The van der Waals surface area contributed by atoms with Gasteiger partial charge in [-0.1, -0.05) is 63.2 Å². The number of carbonyl (C=O) groups is 2. The molecule has 0 heterocycles. The number of ether oxygens (including phenoxy) is 1. The third kappa shape index (κ3) is 8.03. The van der Waals surface area contributed by atoms with Crippen LogP contribution >= 0.6 is 0 Å². The van der Waals surface area contributed by atoms with Gasteiger partial charge >= 0.3 is 0 Å². The summed E-state index contributed by atoms with van der Waals surface area (Å²) in [6.45, 7) is 12.4. The van der Waals surface area contributed by atoms with E-state index >= 15 is 0 Å². The second-order valence-electron chi connectivity index (χ2n) is 9.50. The summed E-state index contributed by atoms with van der Waals surface area (Å²) in [6, 6.07) is 17.3. The molecule has 0 fully saturated rings. The van der Waals surface area contributed by atoms with E-state index in [1.54, 1.807) is 4.90 Å². The molecule has 2 amide bonds. The molecule has 2 rings (SSSR count). The van der Waals surface area contributed by atoms with Crippen molar-refractivity contribution in [2.75, 3.05) is 13.2 Å². The molecule has 0 aromatic heterocycles. The van der Waals surface area contributed by atoms with Gasteiger partial charge < -0.3 is 15.0 Å². The molecule has 0 unspecified atom stereocenters. The van der Waals surface area contributed by atoms with E-state index in [1.165, 1.54) is 5.56 Å². The summed E-state index contributed by atoms with van der Waals surface area (Å²) in [6.07, 6.45) is 1.21. The van der Waals surface area contributed by atoms with Crippen LogP contribution in [0.15, 0.2) is 54.6 Å². The summed E-state index contributed by atoms with van der Waals surface area (Å²) in [5.41, 5.74) is 1.98. The Morgan fingerprint density at radius 2 is 1.62 bits per heavy atom. The lowest BCUT2D eigenvalue weighted by molar-refractivity contribution is -0.142. The van der Waals surface area contributed by atoms with Crippen LogP contribution in [0.4, 0.5) is 0 Å². The Morgan fingerprint density at radius 1 is 1.00 bits per heavy atom. The van der Waals surface area contributed by atoms with Gasteiger partial charge in [0.15, 0.2) is 6.61 Å². The molecule has 0 aliphatic rings. The summed E-state index contributed by atoms with van der Waals surface area (Å²) < 4.78 is 5.79. The van der Waals surface area contributed by atoms with Crippen molar-refractivity contribution in [1.29, 1.82) is 0 Å². The largest absolute Gasteiger partial charge is 0.484 e. The van der Waals surface area contributed by atoms with Gasteiger partial charge in [-0.15, -0.1) is 0 Å². The van der Waals surface area contributed by atoms with Crippen molar-refractivity contribution in [3.63, 3.8) is 0 Å². The van der Waals surface area contributed by atoms with E-state index in [0.29, 0.717) is 31.1 Å². The average molecular weight is 439 g/mol. The molecule has 0 aliphatic carbocycles. The van der Waals surface area contributed by atoms with Crippen molar-refractivity contribution in [3.8, 4) is 5.75 Å². The number of carbonyl (C=O) groups excluding carboxylic acids is 2. The van der Waals surface area contributed by atoms with Gasteiger partial charge in [-0.2, -0.15) is 0 Å². The number of nitrogens with zero attached hydrogens (tertiary/aromatic N) is 1. The van der Waals surface area contributed by atoms with Gasteiger partial charge in [0.2, 0.25) is 5.91 Å². The summed E-state index contributed by atoms with van der Waals surface area (Å²) in [7, 11) is 0. The summed E-state index contributed by atoms with van der Waals surface area (Å²) in [5, 5.41) is 3.02. The van der Waals surface area contributed by atoms with Crippen molar-refractivity contribution < 1.29 is 14.3 Å². The average Bonchev–Trinajstić information content (AvgIpc) is 2.74. The maximum Gasteiger partial charge on any atom is 0.261 e. The topological polar surface area (TPSA) is 58.6 Å². The third-order valence-electron chi connectivity index (χ3n) is 5.28. The standard InChI is InChI=1S/C27H38N2O3/c1-7-24(26(31)28-27(4,5)6)29(18-17-21-11-9-8-10-12-21)25(30)19-32-23-15-13-22(14-16-23)20(2)3/h8-16,20,24H,7,17-19H2,1-6H3,(H,28,31)/t24-/m1/s1. The van der Waals surface area contributed by atoms with Crippen LogP contribution in [0.25, 0.3) is 0 Å². The highest BCUT2D eigenvalue weighted by Gasteiger charge is 2.30. The fourth-order valence-electron chi connectivity index (χ4n) is 3.53. The molecular weight excluding hydrogens is 400 g/mol. The molecule has 0 saturated carbocycles. The van der Waals surface area contributed by atoms with Crippen molar-refractivity contribution in [2.24, 2.45) is 0 Å². The molecule has 1 atom stereocenters. The van der Waals surface area contributed by atoms with Gasteiger partial charge in [-0.25, -0.2) is 0 Å². The lowest BCUT2D eigenvalue weighted by atomic mass is 10.0. The van der Waals surface area contributed by atoms with Crippen LogP contribution in [0.1, 0.15) is 65.0 Å². The predicted molar refractivity (Wildman–Crippen MR) is 130 cm³/mol. The number of nitrogens with one attached hydrogen (secondary N) is 1. The van der Waals surface area contributed by atoms with E-state index in [0.717, 1.165) is 5.56 Å². The lowest BCUT2D eigenvalue weighted by Crippen LogP contribution is -2.54. The van der Waals surface area contributed by atoms with E-state index in [-0.39, 0.29) is 24.0 Å².